The second-order valence-electron chi connectivity index (χ2n) is 7.00. The zero-order valence-corrected chi connectivity index (χ0v) is 17.1. The molecule has 2 aromatic heterocycles. The van der Waals surface area contributed by atoms with Crippen LogP contribution in [-0.4, -0.2) is 45.5 Å². The number of aromatic hydroxyl groups is 1. The monoisotopic (exact) mass is 405 g/mol. The lowest BCUT2D eigenvalue weighted by Gasteiger charge is -2.13. The summed E-state index contributed by atoms with van der Waals surface area (Å²) in [6.07, 6.45) is 3.71. The molecule has 8 heteroatoms. The molecule has 1 amide bonds. The Morgan fingerprint density at radius 3 is 2.73 bits per heavy atom. The molecule has 0 aliphatic rings. The van der Waals surface area contributed by atoms with E-state index in [1.807, 2.05) is 13.8 Å². The van der Waals surface area contributed by atoms with Crippen molar-refractivity contribution < 1.29 is 14.6 Å². The summed E-state index contributed by atoms with van der Waals surface area (Å²) in [6, 6.07) is 10.6. The normalized spacial score (nSPS) is 11.7. The third kappa shape index (κ3) is 4.47. The molecule has 2 heterocycles. The van der Waals surface area contributed by atoms with Gasteiger partial charge >= 0.3 is 0 Å². The first-order valence-electron chi connectivity index (χ1n) is 9.49. The SMILES string of the molecule is COCC[C@H](C)NC(=O)c1ccc(-n2ncc(-c3ccc(C#N)cc3C)c2O)nc1. The summed E-state index contributed by atoms with van der Waals surface area (Å²) in [6.45, 7) is 4.34. The Labute approximate surface area is 174 Å². The van der Waals surface area contributed by atoms with E-state index in [1.165, 1.54) is 10.9 Å². The minimum atomic E-state index is -0.226. The van der Waals surface area contributed by atoms with Gasteiger partial charge in [-0.05, 0) is 55.7 Å². The summed E-state index contributed by atoms with van der Waals surface area (Å²) in [7, 11) is 1.62. The molecule has 3 rings (SSSR count). The number of rotatable bonds is 7. The number of pyridine rings is 1. The first-order valence-corrected chi connectivity index (χ1v) is 9.49. The van der Waals surface area contributed by atoms with Gasteiger partial charge in [0.2, 0.25) is 5.88 Å². The fourth-order valence-corrected chi connectivity index (χ4v) is 3.05. The van der Waals surface area contributed by atoms with Crippen molar-refractivity contribution in [2.24, 2.45) is 0 Å². The molecule has 0 unspecified atom stereocenters. The summed E-state index contributed by atoms with van der Waals surface area (Å²) < 4.78 is 6.32. The van der Waals surface area contributed by atoms with E-state index >= 15 is 0 Å². The molecule has 1 atom stereocenters. The van der Waals surface area contributed by atoms with Crippen molar-refractivity contribution in [2.45, 2.75) is 26.3 Å². The Morgan fingerprint density at radius 1 is 1.30 bits per heavy atom. The van der Waals surface area contributed by atoms with Gasteiger partial charge in [0.25, 0.3) is 5.91 Å². The number of methoxy groups -OCH3 is 1. The maximum atomic E-state index is 12.3. The van der Waals surface area contributed by atoms with Crippen LogP contribution in [0.25, 0.3) is 16.9 Å². The van der Waals surface area contributed by atoms with E-state index in [4.69, 9.17) is 10.00 Å². The number of nitriles is 1. The molecule has 0 radical (unpaired) electrons. The van der Waals surface area contributed by atoms with Crippen LogP contribution in [0.15, 0.2) is 42.7 Å². The molecule has 0 saturated heterocycles. The Bertz CT molecular complexity index is 1080. The van der Waals surface area contributed by atoms with Crippen molar-refractivity contribution in [3.63, 3.8) is 0 Å². The lowest BCUT2D eigenvalue weighted by molar-refractivity contribution is 0.0929. The fourth-order valence-electron chi connectivity index (χ4n) is 3.05. The van der Waals surface area contributed by atoms with Crippen LogP contribution < -0.4 is 5.32 Å². The highest BCUT2D eigenvalue weighted by Crippen LogP contribution is 2.33. The first-order chi connectivity index (χ1) is 14.4. The van der Waals surface area contributed by atoms with Crippen LogP contribution >= 0.6 is 0 Å². The van der Waals surface area contributed by atoms with Gasteiger partial charge in [0.15, 0.2) is 5.82 Å². The minimum absolute atomic E-state index is 0.0227. The van der Waals surface area contributed by atoms with Crippen LogP contribution in [0.1, 0.15) is 34.8 Å². The molecular formula is C22H23N5O3. The maximum absolute atomic E-state index is 12.3. The number of benzene rings is 1. The van der Waals surface area contributed by atoms with Gasteiger partial charge in [0.1, 0.15) is 0 Å². The van der Waals surface area contributed by atoms with Crippen molar-refractivity contribution in [1.82, 2.24) is 20.1 Å². The molecule has 30 heavy (non-hydrogen) atoms. The smallest absolute Gasteiger partial charge is 0.253 e. The zero-order valence-electron chi connectivity index (χ0n) is 17.1. The minimum Gasteiger partial charge on any atom is -0.493 e. The van der Waals surface area contributed by atoms with E-state index < -0.39 is 0 Å². The van der Waals surface area contributed by atoms with Crippen LogP contribution in [0.5, 0.6) is 5.88 Å². The summed E-state index contributed by atoms with van der Waals surface area (Å²) in [5, 5.41) is 26.8. The molecule has 0 aliphatic carbocycles. The third-order valence-corrected chi connectivity index (χ3v) is 4.75. The van der Waals surface area contributed by atoms with Crippen LogP contribution in [-0.2, 0) is 4.74 Å². The van der Waals surface area contributed by atoms with E-state index in [9.17, 15) is 9.90 Å². The Balaban J connectivity index is 1.79. The van der Waals surface area contributed by atoms with E-state index in [2.05, 4.69) is 21.5 Å². The zero-order chi connectivity index (χ0) is 21.7. The van der Waals surface area contributed by atoms with Crippen LogP contribution in [0.3, 0.4) is 0 Å². The van der Waals surface area contributed by atoms with Gasteiger partial charge in [0, 0.05) is 26.0 Å². The van der Waals surface area contributed by atoms with Gasteiger partial charge in [-0.15, -0.1) is 0 Å². The predicted octanol–water partition coefficient (Wildman–Crippen LogP) is 2.97. The predicted molar refractivity (Wildman–Crippen MR) is 111 cm³/mol. The molecule has 154 valence electrons. The highest BCUT2D eigenvalue weighted by atomic mass is 16.5. The van der Waals surface area contributed by atoms with Gasteiger partial charge in [-0.25, -0.2) is 4.98 Å². The molecule has 0 saturated carbocycles. The molecule has 1 aromatic carbocycles. The molecule has 3 aromatic rings. The lowest BCUT2D eigenvalue weighted by atomic mass is 10.0. The molecule has 0 fully saturated rings. The Morgan fingerprint density at radius 2 is 2.10 bits per heavy atom. The van der Waals surface area contributed by atoms with Crippen LogP contribution in [0.4, 0.5) is 0 Å². The van der Waals surface area contributed by atoms with E-state index in [1.54, 1.807) is 43.6 Å². The van der Waals surface area contributed by atoms with Crippen molar-refractivity contribution in [2.75, 3.05) is 13.7 Å². The molecule has 8 nitrogen and oxygen atoms in total. The number of nitrogens with zero attached hydrogens (tertiary/aromatic N) is 4. The first kappa shape index (κ1) is 21.0. The number of amides is 1. The van der Waals surface area contributed by atoms with Gasteiger partial charge in [-0.3, -0.25) is 4.79 Å². The number of carbonyl (C=O) groups is 1. The molecule has 0 spiro atoms. The van der Waals surface area contributed by atoms with E-state index in [0.717, 1.165) is 11.1 Å². The second-order valence-corrected chi connectivity index (χ2v) is 7.00. The largest absolute Gasteiger partial charge is 0.493 e. The Kier molecular flexibility index (Phi) is 6.45. The third-order valence-electron chi connectivity index (χ3n) is 4.75. The lowest BCUT2D eigenvalue weighted by Crippen LogP contribution is -2.33. The number of nitrogens with one attached hydrogen (secondary N) is 1. The standard InChI is InChI=1S/C22H23N5O3/c1-14-10-16(11-23)4-6-18(14)19-13-25-27(22(19)29)20-7-5-17(12-24-20)21(28)26-15(2)8-9-30-3/h4-7,10,12-13,15,29H,8-9H2,1-3H3,(H,26,28)/t15-/m0/s1. The summed E-state index contributed by atoms with van der Waals surface area (Å²) in [4.78, 5) is 16.6. The van der Waals surface area contributed by atoms with Crippen molar-refractivity contribution in [3.05, 3.63) is 59.4 Å². The van der Waals surface area contributed by atoms with Crippen molar-refractivity contribution in [1.29, 1.82) is 5.26 Å². The number of hydrogen-bond donors (Lipinski definition) is 2. The summed E-state index contributed by atoms with van der Waals surface area (Å²) in [5.41, 5.74) is 3.13. The summed E-state index contributed by atoms with van der Waals surface area (Å²) in [5.74, 6) is 0.0889. The van der Waals surface area contributed by atoms with Gasteiger partial charge < -0.3 is 15.2 Å². The fraction of sp³-hybridized carbons (Fsp3) is 0.273. The Hall–Kier alpha value is -3.70. The second kappa shape index (κ2) is 9.20. The van der Waals surface area contributed by atoms with E-state index in [-0.39, 0.29) is 17.8 Å². The number of carbonyl (C=O) groups excluding carboxylic acids is 1. The average molecular weight is 405 g/mol. The topological polar surface area (TPSA) is 113 Å². The number of ether oxygens (including phenoxy) is 1. The molecule has 0 aliphatic heterocycles. The van der Waals surface area contributed by atoms with Gasteiger partial charge in [-0.2, -0.15) is 15.0 Å². The number of aromatic nitrogens is 3. The number of hydrogen-bond acceptors (Lipinski definition) is 6. The van der Waals surface area contributed by atoms with Crippen molar-refractivity contribution >= 4 is 5.91 Å². The quantitative estimate of drug-likeness (QED) is 0.625. The van der Waals surface area contributed by atoms with Gasteiger partial charge in [0.05, 0.1) is 29.0 Å². The molecule has 0 bridgehead atoms. The molecular weight excluding hydrogens is 382 g/mol. The van der Waals surface area contributed by atoms with E-state index in [0.29, 0.717) is 35.5 Å². The average Bonchev–Trinajstić information content (AvgIpc) is 3.13. The molecule has 2 N–H and O–H groups in total. The highest BCUT2D eigenvalue weighted by molar-refractivity contribution is 5.94. The van der Waals surface area contributed by atoms with Crippen molar-refractivity contribution in [3.8, 4) is 28.9 Å². The summed E-state index contributed by atoms with van der Waals surface area (Å²) >= 11 is 0. The van der Waals surface area contributed by atoms with Crippen LogP contribution in [0.2, 0.25) is 0 Å². The maximum Gasteiger partial charge on any atom is 0.253 e. The highest BCUT2D eigenvalue weighted by Gasteiger charge is 2.16. The van der Waals surface area contributed by atoms with Gasteiger partial charge in [-0.1, -0.05) is 6.07 Å². The van der Waals surface area contributed by atoms with Crippen LogP contribution in [0, 0.1) is 18.3 Å². The number of aryl methyl sites for hydroxylation is 1.